The quantitative estimate of drug-likeness (QED) is 0.240. The second-order valence-corrected chi connectivity index (χ2v) is 7.51. The minimum absolute atomic E-state index is 0.760. The average Bonchev–Trinajstić information content (AvgIpc) is 2.66. The fraction of sp³-hybridized carbons (Fsp3) is 0.440. The number of hydrogen-bond acceptors (Lipinski definition) is 2. The molecule has 4 N–H and O–H groups in total. The smallest absolute Gasteiger partial charge is 0.0411 e. The molecule has 2 aromatic carbocycles. The van der Waals surface area contributed by atoms with Gasteiger partial charge in [0.05, 0.1) is 0 Å². The standard InChI is InChI=1S/C25H36N2/c1-2-3-4-5-6-7-8-9-13-16-22-19-23(26)20-25(27)24(22)18-17-21-14-11-10-12-15-21/h10-12,14-15,17-20H,2-9,13,16,26-27H2,1H3. The van der Waals surface area contributed by atoms with Crippen LogP contribution in [0, 0.1) is 0 Å². The zero-order valence-electron chi connectivity index (χ0n) is 16.9. The molecule has 146 valence electrons. The molecular weight excluding hydrogens is 328 g/mol. The molecule has 0 radical (unpaired) electrons. The van der Waals surface area contributed by atoms with Crippen LogP contribution in [0.15, 0.2) is 42.5 Å². The fourth-order valence-electron chi connectivity index (χ4n) is 3.54. The van der Waals surface area contributed by atoms with E-state index in [1.165, 1.54) is 68.9 Å². The van der Waals surface area contributed by atoms with Gasteiger partial charge >= 0.3 is 0 Å². The van der Waals surface area contributed by atoms with Crippen LogP contribution in [0.4, 0.5) is 11.4 Å². The normalized spacial score (nSPS) is 11.3. The van der Waals surface area contributed by atoms with Gasteiger partial charge in [-0.1, -0.05) is 101 Å². The summed E-state index contributed by atoms with van der Waals surface area (Å²) >= 11 is 0. The van der Waals surface area contributed by atoms with Gasteiger partial charge in [-0.05, 0) is 36.1 Å². The molecule has 2 rings (SSSR count). The van der Waals surface area contributed by atoms with Crippen LogP contribution < -0.4 is 11.5 Å². The van der Waals surface area contributed by atoms with Crippen LogP contribution in [-0.2, 0) is 6.42 Å². The number of hydrogen-bond donors (Lipinski definition) is 2. The number of benzene rings is 2. The van der Waals surface area contributed by atoms with Gasteiger partial charge in [0.25, 0.3) is 0 Å². The van der Waals surface area contributed by atoms with E-state index in [4.69, 9.17) is 11.5 Å². The first-order valence-corrected chi connectivity index (χ1v) is 10.6. The number of aryl methyl sites for hydroxylation is 1. The Hall–Kier alpha value is -2.22. The summed E-state index contributed by atoms with van der Waals surface area (Å²) in [6.07, 6.45) is 17.4. The van der Waals surface area contributed by atoms with Crippen molar-refractivity contribution in [2.24, 2.45) is 0 Å². The van der Waals surface area contributed by atoms with E-state index in [-0.39, 0.29) is 0 Å². The summed E-state index contributed by atoms with van der Waals surface area (Å²) in [6.45, 7) is 2.27. The van der Waals surface area contributed by atoms with Gasteiger partial charge in [-0.15, -0.1) is 0 Å². The van der Waals surface area contributed by atoms with Crippen molar-refractivity contribution >= 4 is 23.5 Å². The first kappa shape index (κ1) is 21.1. The van der Waals surface area contributed by atoms with Gasteiger partial charge in [0, 0.05) is 16.9 Å². The zero-order chi connectivity index (χ0) is 19.3. The predicted octanol–water partition coefficient (Wildman–Crippen LogP) is 7.09. The second-order valence-electron chi connectivity index (χ2n) is 7.51. The van der Waals surface area contributed by atoms with Gasteiger partial charge < -0.3 is 11.5 Å². The third-order valence-electron chi connectivity index (χ3n) is 5.11. The molecule has 2 aromatic rings. The van der Waals surface area contributed by atoms with Gasteiger partial charge in [-0.3, -0.25) is 0 Å². The van der Waals surface area contributed by atoms with Crippen LogP contribution in [0.3, 0.4) is 0 Å². The lowest BCUT2D eigenvalue weighted by Crippen LogP contribution is -1.99. The molecule has 0 aliphatic heterocycles. The monoisotopic (exact) mass is 364 g/mol. The predicted molar refractivity (Wildman–Crippen MR) is 122 cm³/mol. The number of unbranched alkanes of at least 4 members (excludes halogenated alkanes) is 8. The largest absolute Gasteiger partial charge is 0.399 e. The molecule has 0 aliphatic carbocycles. The highest BCUT2D eigenvalue weighted by atomic mass is 14.6. The summed E-state index contributed by atoms with van der Waals surface area (Å²) in [4.78, 5) is 0. The van der Waals surface area contributed by atoms with Crippen molar-refractivity contribution in [3.05, 3.63) is 59.2 Å². The summed E-state index contributed by atoms with van der Waals surface area (Å²) in [7, 11) is 0. The van der Waals surface area contributed by atoms with Gasteiger partial charge in [-0.2, -0.15) is 0 Å². The van der Waals surface area contributed by atoms with E-state index in [0.29, 0.717) is 0 Å². The Kier molecular flexibility index (Phi) is 9.54. The van der Waals surface area contributed by atoms with Crippen molar-refractivity contribution in [3.8, 4) is 0 Å². The molecule has 0 heterocycles. The molecule has 27 heavy (non-hydrogen) atoms. The Morgan fingerprint density at radius 1 is 0.741 bits per heavy atom. The maximum atomic E-state index is 6.26. The third kappa shape index (κ3) is 7.90. The van der Waals surface area contributed by atoms with E-state index in [1.54, 1.807) is 0 Å². The minimum atomic E-state index is 0.760. The average molecular weight is 365 g/mol. The van der Waals surface area contributed by atoms with Crippen LogP contribution in [0.25, 0.3) is 12.2 Å². The van der Waals surface area contributed by atoms with E-state index in [2.05, 4.69) is 49.4 Å². The Morgan fingerprint density at radius 3 is 2.04 bits per heavy atom. The first-order valence-electron chi connectivity index (χ1n) is 10.6. The number of anilines is 2. The molecule has 0 spiro atoms. The van der Waals surface area contributed by atoms with E-state index in [0.717, 1.165) is 23.4 Å². The molecular formula is C25H36N2. The Labute approximate surface area is 165 Å². The Balaban J connectivity index is 1.85. The minimum Gasteiger partial charge on any atom is -0.399 e. The summed E-state index contributed by atoms with van der Waals surface area (Å²) in [5.41, 5.74) is 17.4. The van der Waals surface area contributed by atoms with Crippen LogP contribution >= 0.6 is 0 Å². The lowest BCUT2D eigenvalue weighted by Gasteiger charge is -2.11. The molecule has 0 saturated carbocycles. The fourth-order valence-corrected chi connectivity index (χ4v) is 3.54. The zero-order valence-corrected chi connectivity index (χ0v) is 16.9. The van der Waals surface area contributed by atoms with Crippen molar-refractivity contribution in [1.82, 2.24) is 0 Å². The summed E-state index contributed by atoms with van der Waals surface area (Å²) in [5.74, 6) is 0. The highest BCUT2D eigenvalue weighted by Crippen LogP contribution is 2.26. The second kappa shape index (κ2) is 12.2. The SMILES string of the molecule is CCCCCCCCCCCc1cc(N)cc(N)c1C=Cc1ccccc1. The van der Waals surface area contributed by atoms with Gasteiger partial charge in [-0.25, -0.2) is 0 Å². The van der Waals surface area contributed by atoms with Crippen LogP contribution in [0.1, 0.15) is 81.4 Å². The number of rotatable bonds is 12. The summed E-state index contributed by atoms with van der Waals surface area (Å²) in [6, 6.07) is 14.3. The molecule has 0 atom stereocenters. The van der Waals surface area contributed by atoms with E-state index in [9.17, 15) is 0 Å². The van der Waals surface area contributed by atoms with Gasteiger partial charge in [0.15, 0.2) is 0 Å². The molecule has 0 saturated heterocycles. The van der Waals surface area contributed by atoms with Gasteiger partial charge in [0.2, 0.25) is 0 Å². The molecule has 0 amide bonds. The summed E-state index contributed by atoms with van der Waals surface area (Å²) in [5, 5.41) is 0. The molecule has 0 aromatic heterocycles. The van der Waals surface area contributed by atoms with Crippen molar-refractivity contribution in [2.45, 2.75) is 71.1 Å². The van der Waals surface area contributed by atoms with Crippen LogP contribution in [-0.4, -0.2) is 0 Å². The van der Waals surface area contributed by atoms with Gasteiger partial charge in [0.1, 0.15) is 0 Å². The van der Waals surface area contributed by atoms with Crippen LogP contribution in [0.2, 0.25) is 0 Å². The summed E-state index contributed by atoms with van der Waals surface area (Å²) < 4.78 is 0. The van der Waals surface area contributed by atoms with Crippen molar-refractivity contribution in [2.75, 3.05) is 11.5 Å². The number of nitrogen functional groups attached to an aromatic ring is 2. The van der Waals surface area contributed by atoms with Crippen molar-refractivity contribution < 1.29 is 0 Å². The maximum Gasteiger partial charge on any atom is 0.0411 e. The van der Waals surface area contributed by atoms with Crippen molar-refractivity contribution in [1.29, 1.82) is 0 Å². The maximum absolute atomic E-state index is 6.26. The molecule has 0 bridgehead atoms. The highest BCUT2D eigenvalue weighted by molar-refractivity contribution is 5.79. The molecule has 0 fully saturated rings. The Morgan fingerprint density at radius 2 is 1.37 bits per heavy atom. The molecule has 2 heteroatoms. The Bertz CT molecular complexity index is 689. The third-order valence-corrected chi connectivity index (χ3v) is 5.11. The molecule has 0 unspecified atom stereocenters. The van der Waals surface area contributed by atoms with E-state index >= 15 is 0 Å². The highest BCUT2D eigenvalue weighted by Gasteiger charge is 2.06. The number of nitrogens with two attached hydrogens (primary N) is 2. The van der Waals surface area contributed by atoms with Crippen LogP contribution in [0.5, 0.6) is 0 Å². The van der Waals surface area contributed by atoms with Crippen molar-refractivity contribution in [3.63, 3.8) is 0 Å². The van der Waals surface area contributed by atoms with E-state index < -0.39 is 0 Å². The topological polar surface area (TPSA) is 52.0 Å². The molecule has 2 nitrogen and oxygen atoms in total. The lowest BCUT2D eigenvalue weighted by atomic mass is 9.97. The lowest BCUT2D eigenvalue weighted by molar-refractivity contribution is 0.565. The molecule has 0 aliphatic rings. The first-order chi connectivity index (χ1) is 13.2. The van der Waals surface area contributed by atoms with E-state index in [1.807, 2.05) is 12.1 Å².